The first kappa shape index (κ1) is 11.3. The number of hydrogen-bond acceptors (Lipinski definition) is 4. The first-order valence-electron chi connectivity index (χ1n) is 3.92. The summed E-state index contributed by atoms with van der Waals surface area (Å²) < 4.78 is 20.9. The second kappa shape index (κ2) is 6.96. The first-order chi connectivity index (χ1) is 5.72. The minimum Gasteiger partial charge on any atom is -0.235 e. The molecule has 0 aromatic rings. The van der Waals surface area contributed by atoms with Crippen LogP contribution in [0.5, 0.6) is 0 Å². The third-order valence-corrected chi connectivity index (χ3v) is 2.37. The highest BCUT2D eigenvalue weighted by Crippen LogP contribution is 2.21. The molecule has 0 heterocycles. The molecule has 0 aliphatic rings. The van der Waals surface area contributed by atoms with Gasteiger partial charge in [-0.15, -0.1) is 0 Å². The molecule has 0 N–H and O–H groups in total. The van der Waals surface area contributed by atoms with Crippen LogP contribution >= 0.6 is 7.68 Å². The molecule has 12 heavy (non-hydrogen) atoms. The average molecular weight is 189 g/mol. The highest BCUT2D eigenvalue weighted by molar-refractivity contribution is 7.31. The van der Waals surface area contributed by atoms with Crippen molar-refractivity contribution in [3.63, 3.8) is 0 Å². The molecule has 0 aromatic heterocycles. The lowest BCUT2D eigenvalue weighted by Gasteiger charge is -1.98. The molecule has 0 aliphatic heterocycles. The fourth-order valence-corrected chi connectivity index (χ4v) is 1.39. The zero-order valence-electron chi connectivity index (χ0n) is 7.02. The maximum Gasteiger partial charge on any atom is 0.341 e. The molecule has 0 fully saturated rings. The van der Waals surface area contributed by atoms with Crippen LogP contribution in [0, 0.1) is 0 Å². The van der Waals surface area contributed by atoms with E-state index in [2.05, 4.69) is 4.99 Å². The maximum absolute atomic E-state index is 10.4. The van der Waals surface area contributed by atoms with Crippen LogP contribution in [0.3, 0.4) is 0 Å². The molecular formula is C7H12NO3P. The van der Waals surface area contributed by atoms with Gasteiger partial charge in [0.1, 0.15) is 0 Å². The Morgan fingerprint density at radius 1 is 1.42 bits per heavy atom. The molecule has 0 amide bonds. The van der Waals surface area contributed by atoms with E-state index in [1.165, 1.54) is 6.08 Å². The summed E-state index contributed by atoms with van der Waals surface area (Å²) in [5, 5.41) is 0. The topological polar surface area (TPSA) is 63.6 Å². The molecule has 1 atom stereocenters. The summed E-state index contributed by atoms with van der Waals surface area (Å²) in [6, 6.07) is 0. The molecule has 4 nitrogen and oxygen atoms in total. The number of nitrogens with zero attached hydrogens (tertiary/aromatic N) is 1. The number of carbonyl (C=O) groups excluding carboxylic acids is 1. The van der Waals surface area contributed by atoms with E-state index in [9.17, 15) is 13.9 Å². The fourth-order valence-electron chi connectivity index (χ4n) is 0.855. The van der Waals surface area contributed by atoms with E-state index < -0.39 is 13.5 Å². The van der Waals surface area contributed by atoms with Crippen molar-refractivity contribution in [2.45, 2.75) is 38.4 Å². The van der Waals surface area contributed by atoms with Gasteiger partial charge in [-0.05, 0) is 6.42 Å². The van der Waals surface area contributed by atoms with Crippen LogP contribution in [0.1, 0.15) is 32.6 Å². The molecule has 5 heteroatoms. The van der Waals surface area contributed by atoms with E-state index in [1.807, 2.05) is 6.92 Å². The monoisotopic (exact) mass is 189 g/mol. The molecule has 0 saturated heterocycles. The minimum absolute atomic E-state index is 0.432. The Hall–Kier alpha value is -0.720. The van der Waals surface area contributed by atoms with Gasteiger partial charge in [0, 0.05) is 0 Å². The van der Waals surface area contributed by atoms with E-state index in [1.54, 1.807) is 0 Å². The van der Waals surface area contributed by atoms with E-state index in [-0.39, 0.29) is 0 Å². The lowest BCUT2D eigenvalue weighted by atomic mass is 10.2. The number of unbranched alkanes of at least 4 members (excludes halogenated alkanes) is 2. The molecule has 0 aromatic carbocycles. The first-order valence-corrected chi connectivity index (χ1v) is 5.17. The van der Waals surface area contributed by atoms with Crippen molar-refractivity contribution in [1.29, 1.82) is 0 Å². The van der Waals surface area contributed by atoms with Crippen LogP contribution < -0.4 is 0 Å². The van der Waals surface area contributed by atoms with E-state index in [4.69, 9.17) is 0 Å². The van der Waals surface area contributed by atoms with Crippen LogP contribution in [-0.4, -0.2) is 11.9 Å². The second-order valence-corrected chi connectivity index (χ2v) is 3.65. The largest absolute Gasteiger partial charge is 0.341 e. The summed E-state index contributed by atoms with van der Waals surface area (Å²) in [7, 11) is -2.62. The highest BCUT2D eigenvalue weighted by Gasteiger charge is 2.11. The quantitative estimate of drug-likeness (QED) is 0.279. The van der Waals surface area contributed by atoms with Gasteiger partial charge in [-0.3, -0.25) is 0 Å². The van der Waals surface area contributed by atoms with Crippen molar-refractivity contribution in [2.24, 2.45) is 4.99 Å². The Kier molecular flexibility index (Phi) is 6.54. The standard InChI is InChI=1S/C7H12NO3P/c1-2-3-4-5-7(8-6-9)12(10)11/h7H,2-5H2,1H3. The Labute approximate surface area is 71.9 Å². The van der Waals surface area contributed by atoms with Gasteiger partial charge in [0.25, 0.3) is 0 Å². The number of isocyanates is 1. The van der Waals surface area contributed by atoms with Gasteiger partial charge < -0.3 is 0 Å². The number of aliphatic imine (C=N–C) groups is 1. The maximum atomic E-state index is 10.4. The van der Waals surface area contributed by atoms with Gasteiger partial charge in [0.2, 0.25) is 6.08 Å². The number of hydrogen-bond donors (Lipinski definition) is 0. The zero-order chi connectivity index (χ0) is 9.40. The Balaban J connectivity index is 3.88. The lowest BCUT2D eigenvalue weighted by molar-refractivity contribution is 0.495. The van der Waals surface area contributed by atoms with E-state index in [0.29, 0.717) is 6.42 Å². The van der Waals surface area contributed by atoms with Gasteiger partial charge in [-0.25, -0.2) is 13.9 Å². The van der Waals surface area contributed by atoms with Crippen LogP contribution in [-0.2, 0) is 13.9 Å². The Bertz CT molecular complexity index is 223. The van der Waals surface area contributed by atoms with Crippen molar-refractivity contribution in [3.8, 4) is 0 Å². The van der Waals surface area contributed by atoms with Crippen LogP contribution in [0.4, 0.5) is 0 Å². The average Bonchev–Trinajstić information content (AvgIpc) is 2.03. The SMILES string of the molecule is CCCCCC(N=C=O)P(=O)=O. The lowest BCUT2D eigenvalue weighted by Crippen LogP contribution is -1.94. The molecular weight excluding hydrogens is 177 g/mol. The third-order valence-electron chi connectivity index (χ3n) is 1.51. The summed E-state index contributed by atoms with van der Waals surface area (Å²) >= 11 is 0. The normalized spacial score (nSPS) is 11.8. The van der Waals surface area contributed by atoms with Crippen LogP contribution in [0.15, 0.2) is 4.99 Å². The van der Waals surface area contributed by atoms with Crippen molar-refractivity contribution in [3.05, 3.63) is 0 Å². The van der Waals surface area contributed by atoms with Gasteiger partial charge in [-0.2, -0.15) is 4.99 Å². The molecule has 0 spiro atoms. The molecule has 0 saturated carbocycles. The van der Waals surface area contributed by atoms with Gasteiger partial charge in [0.15, 0.2) is 5.78 Å². The minimum atomic E-state index is -2.62. The van der Waals surface area contributed by atoms with E-state index >= 15 is 0 Å². The smallest absolute Gasteiger partial charge is 0.235 e. The number of rotatable bonds is 6. The molecule has 0 rings (SSSR count). The summed E-state index contributed by atoms with van der Waals surface area (Å²) in [5.74, 6) is -0.857. The predicted octanol–water partition coefficient (Wildman–Crippen LogP) is 2.40. The predicted molar refractivity (Wildman–Crippen MR) is 44.3 cm³/mol. The van der Waals surface area contributed by atoms with Gasteiger partial charge in [-0.1, -0.05) is 26.2 Å². The third kappa shape index (κ3) is 5.00. The highest BCUT2D eigenvalue weighted by atomic mass is 31.1. The van der Waals surface area contributed by atoms with Gasteiger partial charge >= 0.3 is 7.68 Å². The van der Waals surface area contributed by atoms with Crippen molar-refractivity contribution < 1.29 is 13.9 Å². The van der Waals surface area contributed by atoms with Crippen LogP contribution in [0.25, 0.3) is 0 Å². The van der Waals surface area contributed by atoms with Crippen molar-refractivity contribution in [1.82, 2.24) is 0 Å². The Morgan fingerprint density at radius 2 is 2.08 bits per heavy atom. The summed E-state index contributed by atoms with van der Waals surface area (Å²) in [5.41, 5.74) is 0. The second-order valence-electron chi connectivity index (χ2n) is 2.48. The zero-order valence-corrected chi connectivity index (χ0v) is 7.92. The Morgan fingerprint density at radius 3 is 2.50 bits per heavy atom. The summed E-state index contributed by atoms with van der Waals surface area (Å²) in [6.45, 7) is 2.02. The molecule has 0 bridgehead atoms. The van der Waals surface area contributed by atoms with Gasteiger partial charge in [0.05, 0.1) is 0 Å². The molecule has 68 valence electrons. The van der Waals surface area contributed by atoms with Crippen LogP contribution in [0.2, 0.25) is 0 Å². The molecule has 1 unspecified atom stereocenters. The van der Waals surface area contributed by atoms with Crippen molar-refractivity contribution in [2.75, 3.05) is 0 Å². The molecule has 0 aliphatic carbocycles. The molecule has 0 radical (unpaired) electrons. The van der Waals surface area contributed by atoms with Crippen molar-refractivity contribution >= 4 is 13.8 Å². The fraction of sp³-hybridized carbons (Fsp3) is 0.857. The summed E-state index contributed by atoms with van der Waals surface area (Å²) in [4.78, 5) is 13.0. The van der Waals surface area contributed by atoms with E-state index in [0.717, 1.165) is 19.3 Å². The summed E-state index contributed by atoms with van der Waals surface area (Å²) in [6.07, 6.45) is 4.47.